The second kappa shape index (κ2) is 6.71. The molecule has 0 aliphatic rings. The molecule has 0 aliphatic carbocycles. The standard InChI is InChI=1S/C12H15BrFNO2/c1-2-4-8(16)7-15-12(17)11-9(13)5-3-6-10(11)14/h3,5-6,8,16H,2,4,7H2,1H3,(H,15,17). The van der Waals surface area contributed by atoms with E-state index in [-0.39, 0.29) is 12.1 Å². The first kappa shape index (κ1) is 14.1. The molecule has 0 saturated carbocycles. The maximum absolute atomic E-state index is 13.4. The average Bonchev–Trinajstić information content (AvgIpc) is 2.26. The fraction of sp³-hybridized carbons (Fsp3) is 0.417. The third-order valence-corrected chi connectivity index (χ3v) is 2.97. The van der Waals surface area contributed by atoms with Crippen LogP contribution in [0, 0.1) is 5.82 Å². The van der Waals surface area contributed by atoms with Crippen LogP contribution in [0.1, 0.15) is 30.1 Å². The highest BCUT2D eigenvalue weighted by molar-refractivity contribution is 9.10. The second-order valence-electron chi connectivity index (χ2n) is 3.75. The highest BCUT2D eigenvalue weighted by Crippen LogP contribution is 2.19. The van der Waals surface area contributed by atoms with Crippen LogP contribution in [0.3, 0.4) is 0 Å². The van der Waals surface area contributed by atoms with Crippen molar-refractivity contribution in [2.24, 2.45) is 0 Å². The van der Waals surface area contributed by atoms with Crippen molar-refractivity contribution in [3.05, 3.63) is 34.1 Å². The lowest BCUT2D eigenvalue weighted by Crippen LogP contribution is -2.32. The lowest BCUT2D eigenvalue weighted by atomic mass is 10.2. The molecule has 1 aromatic carbocycles. The molecule has 17 heavy (non-hydrogen) atoms. The summed E-state index contributed by atoms with van der Waals surface area (Å²) in [5.74, 6) is -1.10. The van der Waals surface area contributed by atoms with Crippen LogP contribution in [0.25, 0.3) is 0 Å². The van der Waals surface area contributed by atoms with Crippen molar-refractivity contribution in [2.45, 2.75) is 25.9 Å². The third-order valence-electron chi connectivity index (χ3n) is 2.31. The van der Waals surface area contributed by atoms with Crippen molar-refractivity contribution in [1.82, 2.24) is 5.32 Å². The van der Waals surface area contributed by atoms with E-state index in [0.717, 1.165) is 6.42 Å². The highest BCUT2D eigenvalue weighted by atomic mass is 79.9. The third kappa shape index (κ3) is 4.09. The molecule has 0 saturated heterocycles. The van der Waals surface area contributed by atoms with E-state index < -0.39 is 17.8 Å². The van der Waals surface area contributed by atoms with Gasteiger partial charge >= 0.3 is 0 Å². The number of carbonyl (C=O) groups excluding carboxylic acids is 1. The Morgan fingerprint density at radius 2 is 2.29 bits per heavy atom. The summed E-state index contributed by atoms with van der Waals surface area (Å²) in [6.07, 6.45) is 0.855. The molecule has 0 fully saturated rings. The molecule has 0 bridgehead atoms. The van der Waals surface area contributed by atoms with Crippen molar-refractivity contribution in [3.8, 4) is 0 Å². The fourth-order valence-corrected chi connectivity index (χ4v) is 1.97. The summed E-state index contributed by atoms with van der Waals surface area (Å²) >= 11 is 3.12. The molecule has 3 nitrogen and oxygen atoms in total. The topological polar surface area (TPSA) is 49.3 Å². The van der Waals surface area contributed by atoms with Crippen LogP contribution in [-0.4, -0.2) is 23.7 Å². The summed E-state index contributed by atoms with van der Waals surface area (Å²) in [6.45, 7) is 2.08. The summed E-state index contributed by atoms with van der Waals surface area (Å²) in [6, 6.07) is 4.34. The lowest BCUT2D eigenvalue weighted by Gasteiger charge is -2.11. The van der Waals surface area contributed by atoms with E-state index in [2.05, 4.69) is 21.2 Å². The predicted octanol–water partition coefficient (Wildman–Crippen LogP) is 2.48. The van der Waals surface area contributed by atoms with Crippen molar-refractivity contribution < 1.29 is 14.3 Å². The Morgan fingerprint density at radius 1 is 1.59 bits per heavy atom. The van der Waals surface area contributed by atoms with Gasteiger partial charge in [-0.05, 0) is 34.5 Å². The number of aliphatic hydroxyl groups is 1. The van der Waals surface area contributed by atoms with Crippen molar-refractivity contribution in [1.29, 1.82) is 0 Å². The zero-order valence-electron chi connectivity index (χ0n) is 9.54. The van der Waals surface area contributed by atoms with Gasteiger partial charge in [-0.15, -0.1) is 0 Å². The maximum Gasteiger partial charge on any atom is 0.255 e. The van der Waals surface area contributed by atoms with Gasteiger partial charge in [0, 0.05) is 11.0 Å². The summed E-state index contributed by atoms with van der Waals surface area (Å²) in [7, 11) is 0. The number of rotatable bonds is 5. The Hall–Kier alpha value is -0.940. The molecule has 1 amide bonds. The van der Waals surface area contributed by atoms with Crippen LogP contribution < -0.4 is 5.32 Å². The summed E-state index contributed by atoms with van der Waals surface area (Å²) in [4.78, 5) is 11.7. The van der Waals surface area contributed by atoms with E-state index in [1.807, 2.05) is 6.92 Å². The van der Waals surface area contributed by atoms with Gasteiger partial charge in [0.15, 0.2) is 0 Å². The fourth-order valence-electron chi connectivity index (χ4n) is 1.45. The largest absolute Gasteiger partial charge is 0.391 e. The van der Waals surface area contributed by atoms with E-state index in [4.69, 9.17) is 0 Å². The zero-order chi connectivity index (χ0) is 12.8. The Kier molecular flexibility index (Phi) is 5.58. The first-order valence-corrected chi connectivity index (χ1v) is 6.25. The molecule has 94 valence electrons. The number of nitrogens with one attached hydrogen (secondary N) is 1. The molecule has 0 radical (unpaired) electrons. The molecule has 2 N–H and O–H groups in total. The molecule has 1 atom stereocenters. The van der Waals surface area contributed by atoms with E-state index in [1.165, 1.54) is 12.1 Å². The molecule has 0 aromatic heterocycles. The van der Waals surface area contributed by atoms with Crippen molar-refractivity contribution in [3.63, 3.8) is 0 Å². The number of halogens is 2. The van der Waals surface area contributed by atoms with Gasteiger partial charge in [0.05, 0.1) is 11.7 Å². The van der Waals surface area contributed by atoms with Gasteiger partial charge in [-0.25, -0.2) is 4.39 Å². The summed E-state index contributed by atoms with van der Waals surface area (Å²) < 4.78 is 13.8. The van der Waals surface area contributed by atoms with E-state index in [9.17, 15) is 14.3 Å². The van der Waals surface area contributed by atoms with Crippen LogP contribution in [-0.2, 0) is 0 Å². The van der Waals surface area contributed by atoms with Crippen LogP contribution >= 0.6 is 15.9 Å². The minimum atomic E-state index is -0.588. The van der Waals surface area contributed by atoms with Gasteiger partial charge < -0.3 is 10.4 Å². The number of amides is 1. The van der Waals surface area contributed by atoms with Gasteiger partial charge in [-0.2, -0.15) is 0 Å². The van der Waals surface area contributed by atoms with Gasteiger partial charge in [0.2, 0.25) is 0 Å². The summed E-state index contributed by atoms with van der Waals surface area (Å²) in [5.41, 5.74) is -0.0313. The first-order chi connectivity index (χ1) is 8.06. The van der Waals surface area contributed by atoms with E-state index in [0.29, 0.717) is 10.9 Å². The molecule has 0 aliphatic heterocycles. The quantitative estimate of drug-likeness (QED) is 0.878. The number of aliphatic hydroxyl groups excluding tert-OH is 1. The molecule has 0 spiro atoms. The van der Waals surface area contributed by atoms with Gasteiger partial charge in [-0.3, -0.25) is 4.79 Å². The molecule has 0 heterocycles. The molecule has 1 rings (SSSR count). The normalized spacial score (nSPS) is 12.2. The lowest BCUT2D eigenvalue weighted by molar-refractivity contribution is 0.0905. The number of hydrogen-bond donors (Lipinski definition) is 2. The highest BCUT2D eigenvalue weighted by Gasteiger charge is 2.15. The first-order valence-electron chi connectivity index (χ1n) is 5.46. The Balaban J connectivity index is 2.64. The van der Waals surface area contributed by atoms with E-state index in [1.54, 1.807) is 6.07 Å². The molecular weight excluding hydrogens is 289 g/mol. The molecular formula is C12H15BrFNO2. The van der Waals surface area contributed by atoms with E-state index >= 15 is 0 Å². The smallest absolute Gasteiger partial charge is 0.255 e. The van der Waals surface area contributed by atoms with Gasteiger partial charge in [-0.1, -0.05) is 19.4 Å². The molecule has 1 unspecified atom stereocenters. The van der Waals surface area contributed by atoms with Crippen LogP contribution in [0.15, 0.2) is 22.7 Å². The SMILES string of the molecule is CCCC(O)CNC(=O)c1c(F)cccc1Br. The van der Waals surface area contributed by atoms with Crippen molar-refractivity contribution in [2.75, 3.05) is 6.54 Å². The van der Waals surface area contributed by atoms with Crippen molar-refractivity contribution >= 4 is 21.8 Å². The summed E-state index contributed by atoms with van der Waals surface area (Å²) in [5, 5.41) is 12.0. The minimum absolute atomic E-state index is 0.0313. The maximum atomic E-state index is 13.4. The second-order valence-corrected chi connectivity index (χ2v) is 4.60. The zero-order valence-corrected chi connectivity index (χ0v) is 11.1. The number of hydrogen-bond acceptors (Lipinski definition) is 2. The average molecular weight is 304 g/mol. The van der Waals surface area contributed by atoms with Crippen LogP contribution in [0.2, 0.25) is 0 Å². The van der Waals surface area contributed by atoms with Crippen LogP contribution in [0.5, 0.6) is 0 Å². The Morgan fingerprint density at radius 3 is 2.88 bits per heavy atom. The molecule has 1 aromatic rings. The Labute approximate surface area is 108 Å². The minimum Gasteiger partial charge on any atom is -0.391 e. The molecule has 5 heteroatoms. The van der Waals surface area contributed by atoms with Crippen LogP contribution in [0.4, 0.5) is 4.39 Å². The van der Waals surface area contributed by atoms with Gasteiger partial charge in [0.25, 0.3) is 5.91 Å². The van der Waals surface area contributed by atoms with Gasteiger partial charge in [0.1, 0.15) is 5.82 Å². The number of benzene rings is 1. The predicted molar refractivity (Wildman–Crippen MR) is 67.3 cm³/mol. The Bertz CT molecular complexity index is 378. The monoisotopic (exact) mass is 303 g/mol. The number of carbonyl (C=O) groups is 1.